The number of carbonyl (C=O) groups excluding carboxylic acids is 1. The standard InChI is InChI=1S/C14H18O2/c1-9(2)10(3)14(15)11-4-5-12-7-16-8-13(12)6-11/h4-6,9-10H,7-8H2,1-3H3. The molecule has 0 aliphatic carbocycles. The van der Waals surface area contributed by atoms with Crippen LogP contribution in [0.15, 0.2) is 18.2 Å². The molecule has 0 spiro atoms. The van der Waals surface area contributed by atoms with Crippen molar-refractivity contribution in [3.05, 3.63) is 34.9 Å². The van der Waals surface area contributed by atoms with E-state index >= 15 is 0 Å². The number of rotatable bonds is 3. The Morgan fingerprint density at radius 2 is 1.88 bits per heavy atom. The first-order chi connectivity index (χ1) is 7.59. The van der Waals surface area contributed by atoms with Gasteiger partial charge in [-0.3, -0.25) is 4.79 Å². The molecule has 1 atom stereocenters. The van der Waals surface area contributed by atoms with E-state index in [4.69, 9.17) is 4.74 Å². The first-order valence-corrected chi connectivity index (χ1v) is 5.83. The van der Waals surface area contributed by atoms with Crippen LogP contribution in [-0.2, 0) is 18.0 Å². The van der Waals surface area contributed by atoms with Gasteiger partial charge in [-0.15, -0.1) is 0 Å². The molecule has 0 amide bonds. The molecule has 0 fully saturated rings. The number of ketones is 1. The maximum atomic E-state index is 12.1. The molecule has 86 valence electrons. The highest BCUT2D eigenvalue weighted by Gasteiger charge is 2.20. The van der Waals surface area contributed by atoms with Gasteiger partial charge in [-0.2, -0.15) is 0 Å². The van der Waals surface area contributed by atoms with Crippen LogP contribution < -0.4 is 0 Å². The van der Waals surface area contributed by atoms with Crippen molar-refractivity contribution >= 4 is 5.78 Å². The molecule has 0 aromatic heterocycles. The summed E-state index contributed by atoms with van der Waals surface area (Å²) in [5.74, 6) is 0.710. The molecule has 0 saturated carbocycles. The van der Waals surface area contributed by atoms with E-state index < -0.39 is 0 Å². The van der Waals surface area contributed by atoms with Crippen LogP contribution in [0.5, 0.6) is 0 Å². The zero-order valence-corrected chi connectivity index (χ0v) is 10.1. The van der Waals surface area contributed by atoms with E-state index in [-0.39, 0.29) is 11.7 Å². The molecular weight excluding hydrogens is 200 g/mol. The molecule has 2 rings (SSSR count). The van der Waals surface area contributed by atoms with Gasteiger partial charge in [-0.05, 0) is 23.1 Å². The van der Waals surface area contributed by atoms with Gasteiger partial charge in [-0.1, -0.05) is 32.9 Å². The summed E-state index contributed by atoms with van der Waals surface area (Å²) in [6.07, 6.45) is 0. The SMILES string of the molecule is CC(C)C(C)C(=O)c1ccc2c(c1)COC2. The van der Waals surface area contributed by atoms with Crippen molar-refractivity contribution in [1.29, 1.82) is 0 Å². The minimum atomic E-state index is 0.0837. The number of hydrogen-bond acceptors (Lipinski definition) is 2. The quantitative estimate of drug-likeness (QED) is 0.728. The first kappa shape index (κ1) is 11.3. The molecular formula is C14H18O2. The minimum absolute atomic E-state index is 0.0837. The average Bonchev–Trinajstić information content (AvgIpc) is 2.73. The van der Waals surface area contributed by atoms with Gasteiger partial charge < -0.3 is 4.74 Å². The highest BCUT2D eigenvalue weighted by atomic mass is 16.5. The van der Waals surface area contributed by atoms with E-state index in [0.717, 1.165) is 5.56 Å². The molecule has 1 heterocycles. The lowest BCUT2D eigenvalue weighted by Crippen LogP contribution is -2.17. The third kappa shape index (κ3) is 2.03. The van der Waals surface area contributed by atoms with Crippen LogP contribution in [0, 0.1) is 11.8 Å². The molecule has 0 radical (unpaired) electrons. The zero-order chi connectivity index (χ0) is 11.7. The topological polar surface area (TPSA) is 26.3 Å². The maximum Gasteiger partial charge on any atom is 0.165 e. The van der Waals surface area contributed by atoms with E-state index in [1.807, 2.05) is 25.1 Å². The summed E-state index contributed by atoms with van der Waals surface area (Å²) in [5, 5.41) is 0. The average molecular weight is 218 g/mol. The highest BCUT2D eigenvalue weighted by molar-refractivity contribution is 5.98. The Bertz CT molecular complexity index is 407. The second-order valence-corrected chi connectivity index (χ2v) is 4.87. The van der Waals surface area contributed by atoms with Crippen LogP contribution in [0.3, 0.4) is 0 Å². The molecule has 1 aromatic rings. The van der Waals surface area contributed by atoms with Gasteiger partial charge in [0.25, 0.3) is 0 Å². The summed E-state index contributed by atoms with van der Waals surface area (Å²) in [4.78, 5) is 12.1. The Balaban J connectivity index is 2.25. The number of hydrogen-bond donors (Lipinski definition) is 0. The van der Waals surface area contributed by atoms with E-state index in [0.29, 0.717) is 19.1 Å². The van der Waals surface area contributed by atoms with Gasteiger partial charge in [0.15, 0.2) is 5.78 Å². The van der Waals surface area contributed by atoms with Gasteiger partial charge in [0, 0.05) is 11.5 Å². The van der Waals surface area contributed by atoms with Crippen molar-refractivity contribution in [1.82, 2.24) is 0 Å². The Morgan fingerprint density at radius 1 is 1.19 bits per heavy atom. The Kier molecular flexibility index (Phi) is 3.10. The summed E-state index contributed by atoms with van der Waals surface area (Å²) >= 11 is 0. The van der Waals surface area contributed by atoms with Crippen LogP contribution in [0.2, 0.25) is 0 Å². The fraction of sp³-hybridized carbons (Fsp3) is 0.500. The number of ether oxygens (including phenoxy) is 1. The number of fused-ring (bicyclic) bond motifs is 1. The third-order valence-corrected chi connectivity index (χ3v) is 3.42. The van der Waals surface area contributed by atoms with Crippen LogP contribution in [0.25, 0.3) is 0 Å². The second-order valence-electron chi connectivity index (χ2n) is 4.87. The second kappa shape index (κ2) is 4.38. The molecule has 0 N–H and O–H groups in total. The van der Waals surface area contributed by atoms with Gasteiger partial charge in [0.1, 0.15) is 0 Å². The van der Waals surface area contributed by atoms with Crippen LogP contribution in [-0.4, -0.2) is 5.78 Å². The predicted molar refractivity (Wildman–Crippen MR) is 63.3 cm³/mol. The van der Waals surface area contributed by atoms with Crippen molar-refractivity contribution in [2.75, 3.05) is 0 Å². The van der Waals surface area contributed by atoms with Gasteiger partial charge >= 0.3 is 0 Å². The molecule has 0 saturated heterocycles. The summed E-state index contributed by atoms with van der Waals surface area (Å²) < 4.78 is 5.35. The lowest BCUT2D eigenvalue weighted by atomic mass is 9.89. The van der Waals surface area contributed by atoms with Crippen molar-refractivity contribution in [3.8, 4) is 0 Å². The van der Waals surface area contributed by atoms with E-state index in [1.165, 1.54) is 11.1 Å². The molecule has 0 bridgehead atoms. The normalized spacial score (nSPS) is 16.2. The van der Waals surface area contributed by atoms with Crippen molar-refractivity contribution in [3.63, 3.8) is 0 Å². The number of Topliss-reactive ketones (excluding diaryl/α,β-unsaturated/α-hetero) is 1. The van der Waals surface area contributed by atoms with E-state index in [9.17, 15) is 4.79 Å². The predicted octanol–water partition coefficient (Wildman–Crippen LogP) is 3.19. The Labute approximate surface area is 96.6 Å². The minimum Gasteiger partial charge on any atom is -0.372 e. The van der Waals surface area contributed by atoms with E-state index in [2.05, 4.69) is 13.8 Å². The van der Waals surface area contributed by atoms with Crippen LogP contribution in [0.1, 0.15) is 42.3 Å². The number of benzene rings is 1. The third-order valence-electron chi connectivity index (χ3n) is 3.42. The molecule has 2 heteroatoms. The van der Waals surface area contributed by atoms with Crippen molar-refractivity contribution in [2.45, 2.75) is 34.0 Å². The summed E-state index contributed by atoms with van der Waals surface area (Å²) in [6.45, 7) is 7.49. The summed E-state index contributed by atoms with van der Waals surface area (Å²) in [7, 11) is 0. The zero-order valence-electron chi connectivity index (χ0n) is 10.1. The van der Waals surface area contributed by atoms with Gasteiger partial charge in [0.2, 0.25) is 0 Å². The molecule has 1 unspecified atom stereocenters. The fourth-order valence-electron chi connectivity index (χ4n) is 1.89. The first-order valence-electron chi connectivity index (χ1n) is 5.83. The van der Waals surface area contributed by atoms with Crippen LogP contribution >= 0.6 is 0 Å². The Hall–Kier alpha value is -1.15. The summed E-state index contributed by atoms with van der Waals surface area (Å²) in [6, 6.07) is 5.93. The lowest BCUT2D eigenvalue weighted by Gasteiger charge is -2.14. The molecule has 1 aliphatic heterocycles. The monoisotopic (exact) mass is 218 g/mol. The van der Waals surface area contributed by atoms with Gasteiger partial charge in [-0.25, -0.2) is 0 Å². The molecule has 2 nitrogen and oxygen atoms in total. The van der Waals surface area contributed by atoms with Crippen molar-refractivity contribution in [2.24, 2.45) is 11.8 Å². The van der Waals surface area contributed by atoms with Crippen LogP contribution in [0.4, 0.5) is 0 Å². The Morgan fingerprint density at radius 3 is 2.56 bits per heavy atom. The summed E-state index contributed by atoms with van der Waals surface area (Å²) in [5.41, 5.74) is 3.21. The smallest absolute Gasteiger partial charge is 0.165 e. The van der Waals surface area contributed by atoms with E-state index in [1.54, 1.807) is 0 Å². The number of carbonyl (C=O) groups is 1. The largest absolute Gasteiger partial charge is 0.372 e. The molecule has 16 heavy (non-hydrogen) atoms. The van der Waals surface area contributed by atoms with Gasteiger partial charge in [0.05, 0.1) is 13.2 Å². The van der Waals surface area contributed by atoms with Crippen molar-refractivity contribution < 1.29 is 9.53 Å². The fourth-order valence-corrected chi connectivity index (χ4v) is 1.89. The molecule has 1 aliphatic rings. The molecule has 1 aromatic carbocycles. The maximum absolute atomic E-state index is 12.1. The highest BCUT2D eigenvalue weighted by Crippen LogP contribution is 2.23. The lowest BCUT2D eigenvalue weighted by molar-refractivity contribution is 0.0899.